The van der Waals surface area contributed by atoms with E-state index in [4.69, 9.17) is 0 Å². The second-order valence-electron chi connectivity index (χ2n) is 6.12. The Morgan fingerprint density at radius 2 is 2.11 bits per heavy atom. The number of halogens is 1. The van der Waals surface area contributed by atoms with Crippen LogP contribution in [-0.2, 0) is 0 Å². The first-order valence-corrected chi connectivity index (χ1v) is 8.02. The maximum Gasteiger partial charge on any atom is 0.115 e. The van der Waals surface area contributed by atoms with Crippen molar-refractivity contribution >= 4 is 15.9 Å². The third-order valence-electron chi connectivity index (χ3n) is 4.62. The quantitative estimate of drug-likeness (QED) is 0.766. The lowest BCUT2D eigenvalue weighted by Gasteiger charge is -2.38. The van der Waals surface area contributed by atoms with Crippen molar-refractivity contribution in [2.45, 2.75) is 39.5 Å². The summed E-state index contributed by atoms with van der Waals surface area (Å²) < 4.78 is 0. The van der Waals surface area contributed by atoms with Gasteiger partial charge in [0.25, 0.3) is 0 Å². The van der Waals surface area contributed by atoms with Gasteiger partial charge < -0.3 is 5.11 Å². The van der Waals surface area contributed by atoms with Gasteiger partial charge in [0.15, 0.2) is 0 Å². The molecule has 1 aromatic carbocycles. The van der Waals surface area contributed by atoms with E-state index in [-0.39, 0.29) is 0 Å². The average Bonchev–Trinajstić information content (AvgIpc) is 2.38. The van der Waals surface area contributed by atoms with E-state index in [2.05, 4.69) is 47.8 Å². The Morgan fingerprint density at radius 1 is 1.37 bits per heavy atom. The lowest BCUT2D eigenvalue weighted by molar-refractivity contribution is 0.257. The molecule has 1 aliphatic rings. The first-order chi connectivity index (χ1) is 9.02. The highest BCUT2D eigenvalue weighted by Gasteiger charge is 2.33. The van der Waals surface area contributed by atoms with Crippen LogP contribution in [0.25, 0.3) is 0 Å². The monoisotopic (exact) mass is 322 g/mol. The standard InChI is InChI=1S/C17H23BrO/c1-11(2)14-7-15(10-18)12(3)17(9-14)13-5-4-6-16(19)8-13/h4-6,8,10-12,14,17,19H,7,9H2,1-3H3/b15-10+/t12-,14-,17-/m0/s1. The molecule has 1 nitrogen and oxygen atoms in total. The van der Waals surface area contributed by atoms with Gasteiger partial charge >= 0.3 is 0 Å². The molecule has 2 heteroatoms. The molecule has 0 unspecified atom stereocenters. The minimum Gasteiger partial charge on any atom is -0.508 e. The van der Waals surface area contributed by atoms with Crippen LogP contribution in [0.3, 0.4) is 0 Å². The summed E-state index contributed by atoms with van der Waals surface area (Å²) in [4.78, 5) is 2.11. The Balaban J connectivity index is 2.31. The molecule has 0 bridgehead atoms. The van der Waals surface area contributed by atoms with Crippen LogP contribution in [0.5, 0.6) is 5.75 Å². The fraction of sp³-hybridized carbons (Fsp3) is 0.529. The summed E-state index contributed by atoms with van der Waals surface area (Å²) in [6.07, 6.45) is 2.41. The predicted octanol–water partition coefficient (Wildman–Crippen LogP) is 5.46. The van der Waals surface area contributed by atoms with Crippen molar-refractivity contribution in [1.29, 1.82) is 0 Å². The van der Waals surface area contributed by atoms with Gasteiger partial charge in [-0.1, -0.05) is 54.4 Å². The van der Waals surface area contributed by atoms with Crippen molar-refractivity contribution in [3.05, 3.63) is 40.4 Å². The Bertz CT molecular complexity index is 464. The molecule has 1 N–H and O–H groups in total. The number of hydrogen-bond acceptors (Lipinski definition) is 1. The lowest BCUT2D eigenvalue weighted by atomic mass is 9.67. The summed E-state index contributed by atoms with van der Waals surface area (Å²) >= 11 is 3.53. The minimum absolute atomic E-state index is 0.376. The lowest BCUT2D eigenvalue weighted by Crippen LogP contribution is -2.26. The highest BCUT2D eigenvalue weighted by Crippen LogP contribution is 2.46. The van der Waals surface area contributed by atoms with Crippen molar-refractivity contribution in [3.63, 3.8) is 0 Å². The number of phenolic OH excluding ortho intramolecular Hbond substituents is 1. The van der Waals surface area contributed by atoms with Gasteiger partial charge in [-0.3, -0.25) is 0 Å². The zero-order chi connectivity index (χ0) is 14.0. The van der Waals surface area contributed by atoms with E-state index in [9.17, 15) is 5.11 Å². The van der Waals surface area contributed by atoms with Crippen LogP contribution < -0.4 is 0 Å². The van der Waals surface area contributed by atoms with Gasteiger partial charge in [-0.25, -0.2) is 0 Å². The molecule has 1 saturated carbocycles. The van der Waals surface area contributed by atoms with Crippen LogP contribution in [0.2, 0.25) is 0 Å². The van der Waals surface area contributed by atoms with Crippen LogP contribution in [0.15, 0.2) is 34.8 Å². The molecule has 0 spiro atoms. The molecule has 0 radical (unpaired) electrons. The van der Waals surface area contributed by atoms with Gasteiger partial charge in [-0.2, -0.15) is 0 Å². The average molecular weight is 323 g/mol. The summed E-state index contributed by atoms with van der Waals surface area (Å²) in [5.41, 5.74) is 2.77. The number of hydrogen-bond donors (Lipinski definition) is 1. The van der Waals surface area contributed by atoms with Crippen LogP contribution in [-0.4, -0.2) is 5.11 Å². The zero-order valence-corrected chi connectivity index (χ0v) is 13.5. The van der Waals surface area contributed by atoms with Crippen molar-refractivity contribution in [2.24, 2.45) is 17.8 Å². The fourth-order valence-electron chi connectivity index (χ4n) is 3.19. The smallest absolute Gasteiger partial charge is 0.115 e. The molecule has 3 atom stereocenters. The topological polar surface area (TPSA) is 20.2 Å². The van der Waals surface area contributed by atoms with Crippen molar-refractivity contribution in [2.75, 3.05) is 0 Å². The van der Waals surface area contributed by atoms with Gasteiger partial charge in [0.1, 0.15) is 5.75 Å². The number of allylic oxidation sites excluding steroid dienone is 1. The van der Waals surface area contributed by atoms with E-state index in [0.29, 0.717) is 23.5 Å². The third-order valence-corrected chi connectivity index (χ3v) is 5.21. The summed E-state index contributed by atoms with van der Waals surface area (Å²) in [5.74, 6) is 2.86. The Hall–Kier alpha value is -0.760. The molecule has 104 valence electrons. The van der Waals surface area contributed by atoms with E-state index in [0.717, 1.165) is 5.92 Å². The first-order valence-electron chi connectivity index (χ1n) is 7.11. The molecule has 19 heavy (non-hydrogen) atoms. The van der Waals surface area contributed by atoms with E-state index in [1.54, 1.807) is 6.07 Å². The number of aromatic hydroxyl groups is 1. The van der Waals surface area contributed by atoms with Gasteiger partial charge in [0.05, 0.1) is 0 Å². The molecular weight excluding hydrogens is 300 g/mol. The normalized spacial score (nSPS) is 29.9. The van der Waals surface area contributed by atoms with Gasteiger partial charge in [-0.15, -0.1) is 0 Å². The molecule has 1 aromatic rings. The largest absolute Gasteiger partial charge is 0.508 e. The van der Waals surface area contributed by atoms with Crippen LogP contribution in [0.1, 0.15) is 45.1 Å². The van der Waals surface area contributed by atoms with Gasteiger partial charge in [-0.05, 0) is 59.2 Å². The van der Waals surface area contributed by atoms with Crippen LogP contribution in [0, 0.1) is 17.8 Å². The highest BCUT2D eigenvalue weighted by atomic mass is 79.9. The van der Waals surface area contributed by atoms with E-state index in [1.165, 1.54) is 24.0 Å². The van der Waals surface area contributed by atoms with Crippen molar-refractivity contribution in [3.8, 4) is 5.75 Å². The van der Waals surface area contributed by atoms with E-state index < -0.39 is 0 Å². The maximum atomic E-state index is 9.70. The number of rotatable bonds is 2. The zero-order valence-electron chi connectivity index (χ0n) is 11.9. The summed E-state index contributed by atoms with van der Waals surface area (Å²) in [6.45, 7) is 6.93. The van der Waals surface area contributed by atoms with Gasteiger partial charge in [0.2, 0.25) is 0 Å². The molecule has 0 heterocycles. The number of benzene rings is 1. The molecule has 0 aromatic heterocycles. The van der Waals surface area contributed by atoms with Crippen LogP contribution >= 0.6 is 15.9 Å². The molecule has 0 amide bonds. The molecular formula is C17H23BrO. The highest BCUT2D eigenvalue weighted by molar-refractivity contribution is 9.11. The van der Waals surface area contributed by atoms with Crippen LogP contribution in [0.4, 0.5) is 0 Å². The molecule has 0 saturated heterocycles. The third kappa shape index (κ3) is 3.22. The van der Waals surface area contributed by atoms with E-state index in [1.807, 2.05) is 12.1 Å². The molecule has 1 aliphatic carbocycles. The number of phenols is 1. The molecule has 2 rings (SSSR count). The summed E-state index contributed by atoms with van der Waals surface area (Å²) in [5, 5.41) is 9.70. The van der Waals surface area contributed by atoms with Crippen molar-refractivity contribution in [1.82, 2.24) is 0 Å². The Labute approximate surface area is 124 Å². The maximum absolute atomic E-state index is 9.70. The second-order valence-corrected chi connectivity index (χ2v) is 6.58. The fourth-order valence-corrected chi connectivity index (χ4v) is 3.80. The predicted molar refractivity (Wildman–Crippen MR) is 84.6 cm³/mol. The summed E-state index contributed by atoms with van der Waals surface area (Å²) in [6, 6.07) is 7.78. The molecule has 1 fully saturated rings. The molecule has 0 aliphatic heterocycles. The Morgan fingerprint density at radius 3 is 2.68 bits per heavy atom. The van der Waals surface area contributed by atoms with Crippen molar-refractivity contribution < 1.29 is 5.11 Å². The second kappa shape index (κ2) is 6.13. The summed E-state index contributed by atoms with van der Waals surface area (Å²) in [7, 11) is 0. The minimum atomic E-state index is 0.376. The Kier molecular flexibility index (Phi) is 4.72. The first kappa shape index (κ1) is 14.6. The SMILES string of the molecule is CC(C)[C@H]1C/C(=C\Br)[C@H](C)[C@@H](c2cccc(O)c2)C1. The van der Waals surface area contributed by atoms with Gasteiger partial charge in [0, 0.05) is 0 Å². The van der Waals surface area contributed by atoms with E-state index >= 15 is 0 Å².